The molecule has 4 nitrogen and oxygen atoms in total. The van der Waals surface area contributed by atoms with Crippen LogP contribution in [0.4, 0.5) is 0 Å². The normalized spacial score (nSPS) is 10.3. The summed E-state index contributed by atoms with van der Waals surface area (Å²) >= 11 is 1.68. The number of nitrogen functional groups attached to an aromatic ring is 1. The van der Waals surface area contributed by atoms with Crippen molar-refractivity contribution in [3.05, 3.63) is 52.2 Å². The summed E-state index contributed by atoms with van der Waals surface area (Å²) in [6.45, 7) is 1.68. The van der Waals surface area contributed by atoms with Gasteiger partial charge in [-0.3, -0.25) is 5.41 Å². The van der Waals surface area contributed by atoms with Crippen molar-refractivity contribution in [2.24, 2.45) is 5.73 Å². The molecule has 2 rings (SSSR count). The number of hydrogen-bond donors (Lipinski definition) is 2. The van der Waals surface area contributed by atoms with E-state index in [2.05, 4.69) is 0 Å². The molecule has 100 valence electrons. The molecular weight excluding hydrogens is 260 g/mol. The molecule has 5 heteroatoms. The zero-order valence-corrected chi connectivity index (χ0v) is 11.3. The van der Waals surface area contributed by atoms with Gasteiger partial charge in [0.2, 0.25) is 0 Å². The van der Waals surface area contributed by atoms with Gasteiger partial charge in [-0.2, -0.15) is 0 Å². The number of nitrogens with one attached hydrogen (secondary N) is 1. The minimum Gasteiger partial charge on any atom is -0.491 e. The lowest BCUT2D eigenvalue weighted by atomic mass is 10.2. The molecule has 0 aliphatic rings. The number of ether oxygens (including phenoxy) is 2. The third kappa shape index (κ3) is 4.39. The number of rotatable bonds is 7. The van der Waals surface area contributed by atoms with Crippen LogP contribution in [0, 0.1) is 5.41 Å². The highest BCUT2D eigenvalue weighted by molar-refractivity contribution is 7.09. The van der Waals surface area contributed by atoms with Gasteiger partial charge in [0, 0.05) is 10.4 Å². The molecule has 0 atom stereocenters. The Morgan fingerprint density at radius 2 is 1.95 bits per heavy atom. The lowest BCUT2D eigenvalue weighted by molar-refractivity contribution is 0.0905. The van der Waals surface area contributed by atoms with Crippen LogP contribution in [0.2, 0.25) is 0 Å². The molecule has 0 bridgehead atoms. The zero-order valence-electron chi connectivity index (χ0n) is 10.5. The van der Waals surface area contributed by atoms with E-state index in [4.69, 9.17) is 20.6 Å². The highest BCUT2D eigenvalue weighted by atomic mass is 32.1. The van der Waals surface area contributed by atoms with Gasteiger partial charge in [-0.1, -0.05) is 6.07 Å². The van der Waals surface area contributed by atoms with E-state index in [0.29, 0.717) is 25.4 Å². The van der Waals surface area contributed by atoms with Crippen molar-refractivity contribution in [2.45, 2.75) is 6.61 Å². The van der Waals surface area contributed by atoms with E-state index in [9.17, 15) is 0 Å². The molecule has 0 spiro atoms. The van der Waals surface area contributed by atoms with Crippen LogP contribution < -0.4 is 10.5 Å². The van der Waals surface area contributed by atoms with E-state index < -0.39 is 0 Å². The summed E-state index contributed by atoms with van der Waals surface area (Å²) in [6.07, 6.45) is 0. The molecule has 0 radical (unpaired) electrons. The predicted molar refractivity (Wildman–Crippen MR) is 76.9 cm³/mol. The zero-order chi connectivity index (χ0) is 13.5. The van der Waals surface area contributed by atoms with Crippen molar-refractivity contribution in [3.63, 3.8) is 0 Å². The average molecular weight is 276 g/mol. The van der Waals surface area contributed by atoms with E-state index >= 15 is 0 Å². The third-order valence-electron chi connectivity index (χ3n) is 2.49. The second-order valence-corrected chi connectivity index (χ2v) is 4.95. The fourth-order valence-electron chi connectivity index (χ4n) is 1.52. The van der Waals surface area contributed by atoms with Crippen LogP contribution >= 0.6 is 11.3 Å². The summed E-state index contributed by atoms with van der Waals surface area (Å²) in [5, 5.41) is 9.32. The quantitative estimate of drug-likeness (QED) is 0.464. The Kier molecular flexibility index (Phi) is 4.94. The van der Waals surface area contributed by atoms with Crippen LogP contribution in [-0.4, -0.2) is 19.0 Å². The van der Waals surface area contributed by atoms with Crippen LogP contribution in [-0.2, 0) is 11.3 Å². The molecule has 0 aliphatic heterocycles. The van der Waals surface area contributed by atoms with Crippen LogP contribution in [0.15, 0.2) is 41.8 Å². The number of amidine groups is 1. The Labute approximate surface area is 116 Å². The maximum Gasteiger partial charge on any atom is 0.122 e. The number of thiophene rings is 1. The van der Waals surface area contributed by atoms with Gasteiger partial charge in [0.25, 0.3) is 0 Å². The first kappa shape index (κ1) is 13.6. The van der Waals surface area contributed by atoms with Gasteiger partial charge >= 0.3 is 0 Å². The predicted octanol–water partition coefficient (Wildman–Crippen LogP) is 2.63. The van der Waals surface area contributed by atoms with E-state index in [-0.39, 0.29) is 5.84 Å². The van der Waals surface area contributed by atoms with Crippen LogP contribution in [0.3, 0.4) is 0 Å². The minimum absolute atomic E-state index is 0.0610. The van der Waals surface area contributed by atoms with Crippen molar-refractivity contribution < 1.29 is 9.47 Å². The first-order chi connectivity index (χ1) is 9.25. The highest BCUT2D eigenvalue weighted by Crippen LogP contribution is 2.12. The molecule has 0 unspecified atom stereocenters. The van der Waals surface area contributed by atoms with Crippen molar-refractivity contribution >= 4 is 17.2 Å². The van der Waals surface area contributed by atoms with Gasteiger partial charge in [-0.25, -0.2) is 0 Å². The summed E-state index contributed by atoms with van der Waals surface area (Å²) in [4.78, 5) is 1.21. The molecule has 0 saturated heterocycles. The van der Waals surface area contributed by atoms with Gasteiger partial charge in [0.05, 0.1) is 13.2 Å². The fourth-order valence-corrected chi connectivity index (χ4v) is 2.16. The molecule has 1 aromatic carbocycles. The largest absolute Gasteiger partial charge is 0.491 e. The maximum atomic E-state index is 7.29. The highest BCUT2D eigenvalue weighted by Gasteiger charge is 1.98. The second-order valence-electron chi connectivity index (χ2n) is 3.92. The summed E-state index contributed by atoms with van der Waals surface area (Å²) < 4.78 is 11.0. The topological polar surface area (TPSA) is 68.3 Å². The standard InChI is InChI=1S/C14H16N2O2S/c15-14(16)11-3-5-12(6-4-11)18-8-7-17-10-13-2-1-9-19-13/h1-6,9H,7-8,10H2,(H3,15,16). The Morgan fingerprint density at radius 1 is 1.16 bits per heavy atom. The molecule has 0 fully saturated rings. The van der Waals surface area contributed by atoms with Crippen molar-refractivity contribution in [1.82, 2.24) is 0 Å². The minimum atomic E-state index is 0.0610. The smallest absolute Gasteiger partial charge is 0.122 e. The van der Waals surface area contributed by atoms with Crippen molar-refractivity contribution in [1.29, 1.82) is 5.41 Å². The van der Waals surface area contributed by atoms with Crippen LogP contribution in [0.25, 0.3) is 0 Å². The van der Waals surface area contributed by atoms with E-state index in [1.807, 2.05) is 17.5 Å². The molecule has 19 heavy (non-hydrogen) atoms. The Morgan fingerprint density at radius 3 is 2.58 bits per heavy atom. The number of nitrogens with two attached hydrogens (primary N) is 1. The Balaban J connectivity index is 1.66. The molecule has 0 aliphatic carbocycles. The lowest BCUT2D eigenvalue weighted by Crippen LogP contribution is -2.11. The van der Waals surface area contributed by atoms with Crippen LogP contribution in [0.5, 0.6) is 5.75 Å². The Bertz CT molecular complexity index is 509. The van der Waals surface area contributed by atoms with Crippen LogP contribution in [0.1, 0.15) is 10.4 Å². The van der Waals surface area contributed by atoms with E-state index in [1.165, 1.54) is 4.88 Å². The molecule has 1 heterocycles. The third-order valence-corrected chi connectivity index (χ3v) is 3.34. The molecule has 2 aromatic rings. The molecule has 0 saturated carbocycles. The summed E-state index contributed by atoms with van der Waals surface area (Å²) in [6, 6.07) is 11.2. The van der Waals surface area contributed by atoms with Gasteiger partial charge < -0.3 is 15.2 Å². The van der Waals surface area contributed by atoms with Gasteiger partial charge in [0.15, 0.2) is 0 Å². The number of benzene rings is 1. The number of hydrogen-bond acceptors (Lipinski definition) is 4. The first-order valence-corrected chi connectivity index (χ1v) is 6.81. The van der Waals surface area contributed by atoms with Gasteiger partial charge in [-0.05, 0) is 35.7 Å². The summed E-state index contributed by atoms with van der Waals surface area (Å²) in [5.41, 5.74) is 6.07. The first-order valence-electron chi connectivity index (χ1n) is 5.93. The molecular formula is C14H16N2O2S. The molecule has 3 N–H and O–H groups in total. The fraction of sp³-hybridized carbons (Fsp3) is 0.214. The van der Waals surface area contributed by atoms with Crippen molar-refractivity contribution in [2.75, 3.05) is 13.2 Å². The Hall–Kier alpha value is -1.85. The molecule has 0 amide bonds. The monoisotopic (exact) mass is 276 g/mol. The van der Waals surface area contributed by atoms with Gasteiger partial charge in [-0.15, -0.1) is 11.3 Å². The lowest BCUT2D eigenvalue weighted by Gasteiger charge is -2.07. The summed E-state index contributed by atoms with van der Waals surface area (Å²) in [7, 11) is 0. The average Bonchev–Trinajstić information content (AvgIpc) is 2.92. The van der Waals surface area contributed by atoms with E-state index in [1.54, 1.807) is 35.6 Å². The maximum absolute atomic E-state index is 7.29. The van der Waals surface area contributed by atoms with E-state index in [0.717, 1.165) is 5.75 Å². The van der Waals surface area contributed by atoms with Crippen molar-refractivity contribution in [3.8, 4) is 5.75 Å². The van der Waals surface area contributed by atoms with Gasteiger partial charge in [0.1, 0.15) is 18.2 Å². The summed E-state index contributed by atoms with van der Waals surface area (Å²) in [5.74, 6) is 0.815. The SMILES string of the molecule is N=C(N)c1ccc(OCCOCc2cccs2)cc1. The second kappa shape index (κ2) is 6.92. The molecule has 1 aromatic heterocycles.